The molecule has 0 bridgehead atoms. The fourth-order valence-corrected chi connectivity index (χ4v) is 3.31. The van der Waals surface area contributed by atoms with Crippen molar-refractivity contribution in [3.05, 3.63) is 60.7 Å². The van der Waals surface area contributed by atoms with E-state index in [0.717, 1.165) is 23.7 Å². The van der Waals surface area contributed by atoms with Gasteiger partial charge < -0.3 is 5.73 Å². The molecule has 10 heteroatoms. The second-order valence-corrected chi connectivity index (χ2v) is 6.46. The highest BCUT2D eigenvalue weighted by atomic mass is 19.4. The highest BCUT2D eigenvalue weighted by molar-refractivity contribution is 6.15. The molecule has 1 aliphatic heterocycles. The first-order valence-corrected chi connectivity index (χ1v) is 8.53. The molecule has 1 unspecified atom stereocenters. The van der Waals surface area contributed by atoms with Crippen molar-refractivity contribution in [3.63, 3.8) is 0 Å². The minimum Gasteiger partial charge on any atom is -0.368 e. The van der Waals surface area contributed by atoms with Gasteiger partial charge in [-0.15, -0.1) is 0 Å². The topological polar surface area (TPSA) is 92.4 Å². The molecule has 1 saturated heterocycles. The van der Waals surface area contributed by atoms with Gasteiger partial charge in [-0.25, -0.2) is 9.78 Å². The highest BCUT2D eigenvalue weighted by Crippen LogP contribution is 2.34. The maximum absolute atomic E-state index is 13.1. The van der Waals surface area contributed by atoms with Gasteiger partial charge in [0.2, 0.25) is 5.91 Å². The lowest BCUT2D eigenvalue weighted by Gasteiger charge is -2.22. The van der Waals surface area contributed by atoms with Crippen LogP contribution >= 0.6 is 0 Å². The number of fused-ring (bicyclic) bond motifs is 1. The van der Waals surface area contributed by atoms with E-state index in [1.807, 2.05) is 12.1 Å². The molecule has 1 aliphatic rings. The summed E-state index contributed by atoms with van der Waals surface area (Å²) < 4.78 is 38.3. The van der Waals surface area contributed by atoms with Gasteiger partial charge in [0.25, 0.3) is 0 Å². The number of anilines is 2. The number of urea groups is 1. The third-order valence-electron chi connectivity index (χ3n) is 4.69. The maximum Gasteiger partial charge on any atom is 0.433 e. The normalized spacial score (nSPS) is 17.2. The van der Waals surface area contributed by atoms with Crippen LogP contribution in [0.15, 0.2) is 55.0 Å². The minimum absolute atomic E-state index is 0.121. The lowest BCUT2D eigenvalue weighted by molar-refractivity contribution is -0.141. The lowest BCUT2D eigenvalue weighted by Crippen LogP contribution is -2.43. The monoisotopic (exact) mass is 401 g/mol. The van der Waals surface area contributed by atoms with Gasteiger partial charge in [0.15, 0.2) is 0 Å². The number of hydrogen-bond donors (Lipinski definition) is 1. The van der Waals surface area contributed by atoms with Crippen LogP contribution in [-0.2, 0) is 11.0 Å². The number of carbonyl (C=O) groups is 2. The Bertz CT molecular complexity index is 1100. The summed E-state index contributed by atoms with van der Waals surface area (Å²) in [7, 11) is 0. The van der Waals surface area contributed by atoms with Crippen LogP contribution in [0.3, 0.4) is 0 Å². The van der Waals surface area contributed by atoms with E-state index in [2.05, 4.69) is 9.97 Å². The summed E-state index contributed by atoms with van der Waals surface area (Å²) in [5.74, 6) is -0.742. The third-order valence-corrected chi connectivity index (χ3v) is 4.69. The molecular formula is C19H14F3N5O2. The van der Waals surface area contributed by atoms with Gasteiger partial charge in [-0.3, -0.25) is 19.6 Å². The first-order chi connectivity index (χ1) is 13.8. The second kappa shape index (κ2) is 6.73. The lowest BCUT2D eigenvalue weighted by atomic mass is 10.1. The van der Waals surface area contributed by atoms with Crippen molar-refractivity contribution < 1.29 is 22.8 Å². The van der Waals surface area contributed by atoms with E-state index in [0.29, 0.717) is 11.1 Å². The predicted molar refractivity (Wildman–Crippen MR) is 99.2 cm³/mol. The van der Waals surface area contributed by atoms with E-state index in [1.165, 1.54) is 16.0 Å². The minimum atomic E-state index is -4.59. The summed E-state index contributed by atoms with van der Waals surface area (Å²) in [5.41, 5.74) is 4.95. The largest absolute Gasteiger partial charge is 0.433 e. The third kappa shape index (κ3) is 3.22. The van der Waals surface area contributed by atoms with Crippen LogP contribution in [0.2, 0.25) is 0 Å². The molecule has 4 rings (SSSR count). The van der Waals surface area contributed by atoms with Crippen LogP contribution in [0.5, 0.6) is 0 Å². The van der Waals surface area contributed by atoms with Crippen LogP contribution in [0.25, 0.3) is 10.8 Å². The molecule has 7 nitrogen and oxygen atoms in total. The summed E-state index contributed by atoms with van der Waals surface area (Å²) in [6.45, 7) is -0.121. The number of carbonyl (C=O) groups excluding carboxylic acids is 2. The van der Waals surface area contributed by atoms with Crippen molar-refractivity contribution in [2.75, 3.05) is 16.3 Å². The van der Waals surface area contributed by atoms with Crippen LogP contribution in [0.1, 0.15) is 5.69 Å². The summed E-state index contributed by atoms with van der Waals surface area (Å²) in [4.78, 5) is 35.0. The van der Waals surface area contributed by atoms with E-state index < -0.39 is 29.9 Å². The van der Waals surface area contributed by atoms with Crippen molar-refractivity contribution in [1.82, 2.24) is 9.97 Å². The van der Waals surface area contributed by atoms with Gasteiger partial charge in [-0.2, -0.15) is 13.2 Å². The van der Waals surface area contributed by atoms with Crippen LogP contribution in [0.4, 0.5) is 29.3 Å². The Kier molecular flexibility index (Phi) is 4.33. The second-order valence-electron chi connectivity index (χ2n) is 6.46. The molecule has 0 radical (unpaired) electrons. The fourth-order valence-electron chi connectivity index (χ4n) is 3.31. The number of nitrogens with two attached hydrogens (primary N) is 1. The summed E-state index contributed by atoms with van der Waals surface area (Å²) >= 11 is 0. The zero-order valence-electron chi connectivity index (χ0n) is 14.8. The van der Waals surface area contributed by atoms with E-state index in [-0.39, 0.29) is 12.2 Å². The van der Waals surface area contributed by atoms with E-state index in [4.69, 9.17) is 5.73 Å². The molecule has 29 heavy (non-hydrogen) atoms. The Hall–Kier alpha value is -3.69. The SMILES string of the molecule is NC(=O)C1CN(c2ccc(C(F)(F)F)nc2)C(=O)N1c1cncc2ccccc12. The molecule has 1 aromatic carbocycles. The number of rotatable bonds is 3. The Morgan fingerprint density at radius 2 is 1.86 bits per heavy atom. The Morgan fingerprint density at radius 1 is 1.10 bits per heavy atom. The van der Waals surface area contributed by atoms with Gasteiger partial charge in [-0.05, 0) is 12.1 Å². The number of hydrogen-bond acceptors (Lipinski definition) is 4. The number of amides is 3. The van der Waals surface area contributed by atoms with Crippen molar-refractivity contribution in [3.8, 4) is 0 Å². The number of aromatic nitrogens is 2. The van der Waals surface area contributed by atoms with Crippen LogP contribution < -0.4 is 15.5 Å². The van der Waals surface area contributed by atoms with E-state index in [1.54, 1.807) is 18.3 Å². The fraction of sp³-hybridized carbons (Fsp3) is 0.158. The first kappa shape index (κ1) is 18.7. The molecule has 0 saturated carbocycles. The quantitative estimate of drug-likeness (QED) is 0.730. The molecule has 3 heterocycles. The highest BCUT2D eigenvalue weighted by Gasteiger charge is 2.43. The summed E-state index contributed by atoms with van der Waals surface area (Å²) in [6, 6.07) is 7.48. The molecule has 0 aliphatic carbocycles. The Balaban J connectivity index is 1.75. The van der Waals surface area contributed by atoms with Gasteiger partial charge >= 0.3 is 12.2 Å². The van der Waals surface area contributed by atoms with Crippen molar-refractivity contribution in [1.29, 1.82) is 0 Å². The molecular weight excluding hydrogens is 387 g/mol. The maximum atomic E-state index is 13.1. The van der Waals surface area contributed by atoms with Crippen LogP contribution in [0, 0.1) is 0 Å². The average Bonchev–Trinajstić information content (AvgIpc) is 3.04. The van der Waals surface area contributed by atoms with E-state index >= 15 is 0 Å². The molecule has 3 aromatic rings. The van der Waals surface area contributed by atoms with Gasteiger partial charge in [-0.1, -0.05) is 24.3 Å². The summed E-state index contributed by atoms with van der Waals surface area (Å²) in [5, 5.41) is 1.45. The average molecular weight is 401 g/mol. The van der Waals surface area contributed by atoms with Gasteiger partial charge in [0.1, 0.15) is 11.7 Å². The van der Waals surface area contributed by atoms with Gasteiger partial charge in [0, 0.05) is 17.0 Å². The molecule has 148 valence electrons. The van der Waals surface area contributed by atoms with Crippen molar-refractivity contribution >= 4 is 34.1 Å². The molecule has 3 amide bonds. The first-order valence-electron chi connectivity index (χ1n) is 8.53. The van der Waals surface area contributed by atoms with Crippen molar-refractivity contribution in [2.45, 2.75) is 12.2 Å². The number of benzene rings is 1. The molecule has 0 spiro atoms. The number of nitrogens with zero attached hydrogens (tertiary/aromatic N) is 4. The molecule has 1 fully saturated rings. The Labute approximate surface area is 162 Å². The standard InChI is InChI=1S/C19H14F3N5O2/c20-19(21,22)16-6-5-12(8-25-16)26-10-15(17(23)28)27(18(26)29)14-9-24-7-11-3-1-2-4-13(11)14/h1-9,15H,10H2,(H2,23,28). The van der Waals surface area contributed by atoms with Crippen LogP contribution in [-0.4, -0.2) is 34.5 Å². The number of alkyl halides is 3. The van der Waals surface area contributed by atoms with Crippen molar-refractivity contribution in [2.24, 2.45) is 5.73 Å². The number of primary amides is 1. The zero-order chi connectivity index (χ0) is 20.8. The molecule has 2 N–H and O–H groups in total. The number of halogens is 3. The number of pyridine rings is 2. The predicted octanol–water partition coefficient (Wildman–Crippen LogP) is 2.95. The molecule has 2 aromatic heterocycles. The van der Waals surface area contributed by atoms with E-state index in [9.17, 15) is 22.8 Å². The molecule has 1 atom stereocenters. The summed E-state index contributed by atoms with van der Waals surface area (Å²) in [6.07, 6.45) is -0.575. The zero-order valence-corrected chi connectivity index (χ0v) is 14.8. The smallest absolute Gasteiger partial charge is 0.368 e. The Morgan fingerprint density at radius 3 is 2.52 bits per heavy atom. The van der Waals surface area contributed by atoms with Gasteiger partial charge in [0.05, 0.1) is 30.3 Å².